The molecule has 18 nitrogen and oxygen atoms in total. The molecule has 3 heterocycles. The molecule has 0 aromatic heterocycles. The Morgan fingerprint density at radius 1 is 0.692 bits per heavy atom. The number of fused-ring (bicyclic) bond motifs is 2. The van der Waals surface area contributed by atoms with Crippen molar-refractivity contribution in [1.29, 1.82) is 0 Å². The van der Waals surface area contributed by atoms with Crippen molar-refractivity contribution in [3.8, 4) is 0 Å². The number of rotatable bonds is 12. The van der Waals surface area contributed by atoms with E-state index in [2.05, 4.69) is 34.6 Å². The molecule has 0 aromatic carbocycles. The third-order valence-electron chi connectivity index (χ3n) is 19.3. The van der Waals surface area contributed by atoms with Crippen LogP contribution in [0.15, 0.2) is 0 Å². The summed E-state index contributed by atoms with van der Waals surface area (Å²) in [6.45, 7) is 14.9. The van der Waals surface area contributed by atoms with Crippen LogP contribution in [0.25, 0.3) is 0 Å². The van der Waals surface area contributed by atoms with Gasteiger partial charge in [0, 0.05) is 0 Å². The molecule has 5 aliphatic carbocycles. The average molecular weight is 933 g/mol. The largest absolute Gasteiger partial charge is 0.394 e. The van der Waals surface area contributed by atoms with Gasteiger partial charge in [0.2, 0.25) is 0 Å². The molecule has 0 amide bonds. The van der Waals surface area contributed by atoms with E-state index in [4.69, 9.17) is 28.4 Å². The second-order valence-corrected chi connectivity index (χ2v) is 23.5. The van der Waals surface area contributed by atoms with Gasteiger partial charge in [-0.2, -0.15) is 0 Å². The minimum Gasteiger partial charge on any atom is -0.394 e. The van der Waals surface area contributed by atoms with Crippen LogP contribution in [0, 0.1) is 50.7 Å². The van der Waals surface area contributed by atoms with Gasteiger partial charge in [-0.05, 0) is 129 Å². The van der Waals surface area contributed by atoms with E-state index in [1.807, 2.05) is 0 Å². The van der Waals surface area contributed by atoms with Crippen LogP contribution >= 0.6 is 0 Å². The Balaban J connectivity index is 0.963. The van der Waals surface area contributed by atoms with Crippen LogP contribution in [0.2, 0.25) is 0 Å². The highest BCUT2D eigenvalue weighted by Gasteiger charge is 2.84. The first-order valence-electron chi connectivity index (χ1n) is 24.2. The van der Waals surface area contributed by atoms with Crippen molar-refractivity contribution in [2.45, 2.75) is 229 Å². The lowest BCUT2D eigenvalue weighted by Gasteiger charge is -2.64. The predicted molar refractivity (Wildman–Crippen MR) is 227 cm³/mol. The molecule has 376 valence electrons. The zero-order chi connectivity index (χ0) is 47.7. The quantitative estimate of drug-likeness (QED) is 0.109. The van der Waals surface area contributed by atoms with E-state index in [0.717, 1.165) is 25.7 Å². The number of hydrogen-bond acceptors (Lipinski definition) is 18. The highest BCUT2D eigenvalue weighted by Crippen LogP contribution is 2.89. The van der Waals surface area contributed by atoms with Crippen LogP contribution < -0.4 is 0 Å². The van der Waals surface area contributed by atoms with Gasteiger partial charge in [0.05, 0.1) is 49.3 Å². The summed E-state index contributed by atoms with van der Waals surface area (Å²) >= 11 is 0. The summed E-state index contributed by atoms with van der Waals surface area (Å²) in [6.07, 6.45) is -15.8. The smallest absolute Gasteiger partial charge is 0.187 e. The Labute approximate surface area is 382 Å². The summed E-state index contributed by atoms with van der Waals surface area (Å²) in [4.78, 5) is 0. The fourth-order valence-electron chi connectivity index (χ4n) is 15.7. The Kier molecular flexibility index (Phi) is 13.7. The second-order valence-electron chi connectivity index (χ2n) is 23.5. The van der Waals surface area contributed by atoms with Crippen LogP contribution in [-0.4, -0.2) is 191 Å². The molecule has 2 spiro atoms. The van der Waals surface area contributed by atoms with Gasteiger partial charge in [0.25, 0.3) is 0 Å². The minimum absolute atomic E-state index is 0.0162. The summed E-state index contributed by atoms with van der Waals surface area (Å²) in [5.41, 5.74) is -2.76. The lowest BCUT2D eigenvalue weighted by atomic mass is 9.41. The van der Waals surface area contributed by atoms with Crippen LogP contribution in [0.4, 0.5) is 0 Å². The summed E-state index contributed by atoms with van der Waals surface area (Å²) in [5, 5.41) is 130. The molecule has 18 heteroatoms. The second kappa shape index (κ2) is 17.5. The first-order valence-corrected chi connectivity index (χ1v) is 24.2. The molecule has 0 radical (unpaired) electrons. The predicted octanol–water partition coefficient (Wildman–Crippen LogP) is -0.585. The van der Waals surface area contributed by atoms with Gasteiger partial charge < -0.3 is 89.7 Å². The van der Waals surface area contributed by atoms with Crippen molar-refractivity contribution >= 4 is 0 Å². The summed E-state index contributed by atoms with van der Waals surface area (Å²) < 4.78 is 36.1. The molecular formula is C47H80O18. The Bertz CT molecular complexity index is 1680. The molecular weight excluding hydrogens is 852 g/mol. The molecule has 3 aliphatic heterocycles. The number of ether oxygens (including phenoxy) is 6. The first-order chi connectivity index (χ1) is 30.2. The minimum atomic E-state index is -1.65. The number of aliphatic hydroxyl groups is 12. The van der Waals surface area contributed by atoms with E-state index in [-0.39, 0.29) is 51.9 Å². The van der Waals surface area contributed by atoms with Crippen molar-refractivity contribution in [1.82, 2.24) is 0 Å². The molecule has 0 aromatic rings. The van der Waals surface area contributed by atoms with Crippen LogP contribution in [0.5, 0.6) is 0 Å². The fourth-order valence-corrected chi connectivity index (χ4v) is 15.7. The highest BCUT2D eigenvalue weighted by molar-refractivity contribution is 5.32. The Morgan fingerprint density at radius 2 is 1.35 bits per heavy atom. The maximum absolute atomic E-state index is 12.5. The van der Waals surface area contributed by atoms with Gasteiger partial charge in [0.1, 0.15) is 61.0 Å². The van der Waals surface area contributed by atoms with Gasteiger partial charge in [-0.1, -0.05) is 34.6 Å². The summed E-state index contributed by atoms with van der Waals surface area (Å²) in [5.74, 6) is -0.104. The van der Waals surface area contributed by atoms with E-state index in [0.29, 0.717) is 32.1 Å². The highest BCUT2D eigenvalue weighted by atomic mass is 16.8. The van der Waals surface area contributed by atoms with Crippen LogP contribution in [0.3, 0.4) is 0 Å². The molecule has 8 aliphatic rings. The molecule has 0 bridgehead atoms. The molecule has 26 unspecified atom stereocenters. The van der Waals surface area contributed by atoms with Gasteiger partial charge in [-0.25, -0.2) is 0 Å². The fraction of sp³-hybridized carbons (Fsp3) is 1.00. The van der Waals surface area contributed by atoms with E-state index in [1.54, 1.807) is 13.8 Å². The van der Waals surface area contributed by atoms with Crippen LogP contribution in [-0.2, 0) is 28.4 Å². The van der Waals surface area contributed by atoms with Crippen molar-refractivity contribution in [3.05, 3.63) is 0 Å². The molecule has 26 atom stereocenters. The SMILES string of the molecule is CC(CCC(OC1OC(CO)C(O)C(O)C1O)C(C)(C)O)C1C(O)CC2(C)C3CC(O)C4C(C)(C)C(OC5OCC(O)C(O)C5OC5OC(C)C(O)C(O)C5O)CCC45CC35CCC12C. The lowest BCUT2D eigenvalue weighted by Crippen LogP contribution is -2.64. The first kappa shape index (κ1) is 50.7. The van der Waals surface area contributed by atoms with E-state index in [1.165, 1.54) is 6.92 Å². The normalized spacial score (nSPS) is 55.0. The van der Waals surface area contributed by atoms with E-state index >= 15 is 0 Å². The molecule has 8 fully saturated rings. The summed E-state index contributed by atoms with van der Waals surface area (Å²) in [7, 11) is 0. The third-order valence-corrected chi connectivity index (χ3v) is 19.3. The maximum atomic E-state index is 12.5. The molecule has 12 N–H and O–H groups in total. The summed E-state index contributed by atoms with van der Waals surface area (Å²) in [6, 6.07) is 0. The average Bonchev–Trinajstić information content (AvgIpc) is 3.82. The van der Waals surface area contributed by atoms with Crippen molar-refractivity contribution < 1.29 is 89.7 Å². The molecule has 65 heavy (non-hydrogen) atoms. The van der Waals surface area contributed by atoms with Gasteiger partial charge in [-0.15, -0.1) is 0 Å². The zero-order valence-corrected chi connectivity index (χ0v) is 39.3. The molecule has 3 saturated heterocycles. The molecule has 5 saturated carbocycles. The van der Waals surface area contributed by atoms with Crippen LogP contribution in [0.1, 0.15) is 113 Å². The van der Waals surface area contributed by atoms with Crippen molar-refractivity contribution in [3.63, 3.8) is 0 Å². The topological polar surface area (TPSA) is 298 Å². The lowest BCUT2D eigenvalue weighted by molar-refractivity contribution is -0.364. The number of hydrogen-bond donors (Lipinski definition) is 12. The Morgan fingerprint density at radius 3 is 2.02 bits per heavy atom. The van der Waals surface area contributed by atoms with Crippen molar-refractivity contribution in [2.24, 2.45) is 50.7 Å². The number of aliphatic hydroxyl groups excluding tert-OH is 11. The third kappa shape index (κ3) is 7.91. The van der Waals surface area contributed by atoms with Gasteiger partial charge in [-0.3, -0.25) is 0 Å². The molecule has 8 rings (SSSR count). The monoisotopic (exact) mass is 933 g/mol. The standard InChI is InChI=1S/C47H80O18/c1-20(9-10-28(43(5,6)59)64-40-36(58)34(56)32(54)25(17-48)62-40)29-23(50)16-45(8)26-15-22(49)38-42(3,4)27(11-12-47(38)19-46(26,47)14-13-44(29,45)7)63-41-37(31(53)24(51)18-60-41)65-39-35(57)33(55)30(52)21(2)61-39/h20-41,48-59H,9-19H2,1-8H3. The van der Waals surface area contributed by atoms with E-state index in [9.17, 15) is 61.3 Å². The Hall–Kier alpha value is -0.720. The van der Waals surface area contributed by atoms with Gasteiger partial charge in [0.15, 0.2) is 18.9 Å². The maximum Gasteiger partial charge on any atom is 0.187 e. The van der Waals surface area contributed by atoms with Gasteiger partial charge >= 0.3 is 0 Å². The zero-order valence-electron chi connectivity index (χ0n) is 39.3. The van der Waals surface area contributed by atoms with E-state index < -0.39 is 128 Å². The van der Waals surface area contributed by atoms with Crippen molar-refractivity contribution in [2.75, 3.05) is 13.2 Å².